The zero-order chi connectivity index (χ0) is 19.6. The van der Waals surface area contributed by atoms with E-state index in [9.17, 15) is 14.9 Å². The summed E-state index contributed by atoms with van der Waals surface area (Å²) in [4.78, 5) is 22.8. The molecule has 0 aliphatic carbocycles. The van der Waals surface area contributed by atoms with Crippen LogP contribution in [0.25, 0.3) is 0 Å². The second kappa shape index (κ2) is 7.58. The minimum absolute atomic E-state index is 0.0737. The van der Waals surface area contributed by atoms with Crippen LogP contribution in [0.15, 0.2) is 36.7 Å². The largest absolute Gasteiger partial charge is 0.322 e. The molecule has 0 unspecified atom stereocenters. The molecule has 2 aromatic heterocycles. The molecule has 0 spiro atoms. The van der Waals surface area contributed by atoms with Crippen LogP contribution in [-0.4, -0.2) is 30.4 Å². The van der Waals surface area contributed by atoms with Gasteiger partial charge in [0.2, 0.25) is 5.91 Å². The van der Waals surface area contributed by atoms with Gasteiger partial charge in [-0.05, 0) is 25.5 Å². The average Bonchev–Trinajstić information content (AvgIpc) is 3.13. The van der Waals surface area contributed by atoms with Gasteiger partial charge in [0.1, 0.15) is 17.9 Å². The van der Waals surface area contributed by atoms with Gasteiger partial charge in [-0.25, -0.2) is 0 Å². The molecule has 1 aromatic carbocycles. The van der Waals surface area contributed by atoms with E-state index in [0.717, 1.165) is 5.56 Å². The first kappa shape index (κ1) is 18.6. The Hall–Kier alpha value is -3.20. The van der Waals surface area contributed by atoms with E-state index in [-0.39, 0.29) is 23.8 Å². The summed E-state index contributed by atoms with van der Waals surface area (Å²) in [7, 11) is 0. The molecule has 9 nitrogen and oxygen atoms in total. The molecule has 0 aliphatic rings. The van der Waals surface area contributed by atoms with Crippen molar-refractivity contribution in [3.63, 3.8) is 0 Å². The zero-order valence-corrected chi connectivity index (χ0v) is 15.5. The Morgan fingerprint density at radius 1 is 1.33 bits per heavy atom. The van der Waals surface area contributed by atoms with Gasteiger partial charge in [0, 0.05) is 11.2 Å². The van der Waals surface area contributed by atoms with Gasteiger partial charge in [-0.3, -0.25) is 24.3 Å². The summed E-state index contributed by atoms with van der Waals surface area (Å²) in [6.45, 7) is 3.45. The Morgan fingerprint density at radius 2 is 2.07 bits per heavy atom. The maximum absolute atomic E-state index is 12.2. The molecule has 0 atom stereocenters. The molecule has 2 heterocycles. The number of rotatable bonds is 6. The van der Waals surface area contributed by atoms with Gasteiger partial charge in [0.25, 0.3) is 0 Å². The van der Waals surface area contributed by atoms with Crippen LogP contribution in [0.4, 0.5) is 11.4 Å². The highest BCUT2D eigenvalue weighted by Gasteiger charge is 2.22. The molecule has 1 amide bonds. The van der Waals surface area contributed by atoms with Crippen LogP contribution in [0.2, 0.25) is 5.02 Å². The maximum atomic E-state index is 12.2. The minimum atomic E-state index is -0.495. The molecule has 0 radical (unpaired) electrons. The third-order valence-electron chi connectivity index (χ3n) is 4.03. The number of nitrogens with one attached hydrogen (secondary N) is 1. The predicted octanol–water partition coefficient (Wildman–Crippen LogP) is 2.95. The smallest absolute Gasteiger partial charge is 0.312 e. The number of hydrogen-bond acceptors (Lipinski definition) is 5. The molecule has 3 aromatic rings. The average molecular weight is 389 g/mol. The summed E-state index contributed by atoms with van der Waals surface area (Å²) in [5.41, 5.74) is 1.97. The second-order valence-electron chi connectivity index (χ2n) is 6.00. The lowest BCUT2D eigenvalue weighted by atomic mass is 10.2. The van der Waals surface area contributed by atoms with E-state index in [4.69, 9.17) is 11.6 Å². The highest BCUT2D eigenvalue weighted by Crippen LogP contribution is 2.22. The van der Waals surface area contributed by atoms with Crippen molar-refractivity contribution in [2.24, 2.45) is 0 Å². The second-order valence-corrected chi connectivity index (χ2v) is 6.41. The molecule has 1 N–H and O–H groups in total. The summed E-state index contributed by atoms with van der Waals surface area (Å²) in [6.07, 6.45) is 3.21. The molecule has 140 valence electrons. The minimum Gasteiger partial charge on any atom is -0.322 e. The molecule has 27 heavy (non-hydrogen) atoms. The number of aromatic nitrogens is 4. The first-order valence-electron chi connectivity index (χ1n) is 8.09. The third-order valence-corrected chi connectivity index (χ3v) is 4.40. The van der Waals surface area contributed by atoms with E-state index in [1.807, 2.05) is 18.2 Å². The van der Waals surface area contributed by atoms with Crippen molar-refractivity contribution in [2.75, 3.05) is 5.32 Å². The van der Waals surface area contributed by atoms with Gasteiger partial charge in [-0.15, -0.1) is 0 Å². The number of benzene rings is 1. The molecule has 0 bridgehead atoms. The number of nitro groups is 1. The molecule has 0 saturated carbocycles. The van der Waals surface area contributed by atoms with E-state index in [2.05, 4.69) is 15.5 Å². The van der Waals surface area contributed by atoms with Gasteiger partial charge in [0.15, 0.2) is 0 Å². The lowest BCUT2D eigenvalue weighted by molar-refractivity contribution is -0.386. The van der Waals surface area contributed by atoms with E-state index in [0.29, 0.717) is 22.9 Å². The van der Waals surface area contributed by atoms with Crippen LogP contribution in [-0.2, 0) is 17.9 Å². The number of nitrogens with zero attached hydrogens (tertiary/aromatic N) is 5. The number of anilines is 1. The fraction of sp³-hybridized carbons (Fsp3) is 0.235. The number of halogens is 1. The van der Waals surface area contributed by atoms with Crippen LogP contribution in [0, 0.1) is 24.0 Å². The normalized spacial score (nSPS) is 10.8. The quantitative estimate of drug-likeness (QED) is 0.516. The SMILES string of the molecule is Cc1nn(CC(=O)Nc2cnn(Cc3ccccc3Cl)c2)c(C)c1[N+](=O)[O-]. The van der Waals surface area contributed by atoms with Gasteiger partial charge < -0.3 is 5.32 Å². The third kappa shape index (κ3) is 4.14. The van der Waals surface area contributed by atoms with Gasteiger partial charge >= 0.3 is 5.69 Å². The van der Waals surface area contributed by atoms with Gasteiger partial charge in [-0.1, -0.05) is 29.8 Å². The predicted molar refractivity (Wildman–Crippen MR) is 99.8 cm³/mol. The Kier molecular flexibility index (Phi) is 5.22. The topological polar surface area (TPSA) is 108 Å². The van der Waals surface area contributed by atoms with E-state index in [1.54, 1.807) is 23.9 Å². The monoisotopic (exact) mass is 388 g/mol. The first-order valence-corrected chi connectivity index (χ1v) is 8.47. The highest BCUT2D eigenvalue weighted by atomic mass is 35.5. The molecule has 0 aliphatic heterocycles. The lowest BCUT2D eigenvalue weighted by Gasteiger charge is -2.05. The van der Waals surface area contributed by atoms with E-state index >= 15 is 0 Å². The van der Waals surface area contributed by atoms with Crippen molar-refractivity contribution in [1.82, 2.24) is 19.6 Å². The summed E-state index contributed by atoms with van der Waals surface area (Å²) in [5, 5.41) is 22.7. The van der Waals surface area contributed by atoms with Crippen LogP contribution in [0.3, 0.4) is 0 Å². The molecule has 3 rings (SSSR count). The van der Waals surface area contributed by atoms with E-state index in [1.165, 1.54) is 17.8 Å². The Labute approximate surface area is 159 Å². The standard InChI is InChI=1S/C17H17ClN6O3/c1-11-17(24(26)27)12(2)23(21-11)10-16(25)20-14-7-19-22(9-14)8-13-5-3-4-6-15(13)18/h3-7,9H,8,10H2,1-2H3,(H,20,25). The molecule has 10 heteroatoms. The van der Waals surface area contributed by atoms with Crippen molar-refractivity contribution in [1.29, 1.82) is 0 Å². The Balaban J connectivity index is 1.66. The van der Waals surface area contributed by atoms with Crippen LogP contribution >= 0.6 is 11.6 Å². The van der Waals surface area contributed by atoms with Crippen LogP contribution in [0.5, 0.6) is 0 Å². The van der Waals surface area contributed by atoms with Crippen molar-refractivity contribution < 1.29 is 9.72 Å². The number of carbonyl (C=O) groups excluding carboxylic acids is 1. The summed E-state index contributed by atoms with van der Waals surface area (Å²) < 4.78 is 2.97. The van der Waals surface area contributed by atoms with Crippen LogP contribution < -0.4 is 5.32 Å². The number of amides is 1. The summed E-state index contributed by atoms with van der Waals surface area (Å²) in [5.74, 6) is -0.354. The summed E-state index contributed by atoms with van der Waals surface area (Å²) in [6, 6.07) is 7.44. The van der Waals surface area contributed by atoms with E-state index < -0.39 is 4.92 Å². The fourth-order valence-electron chi connectivity index (χ4n) is 2.76. The Bertz CT molecular complexity index is 1010. The maximum Gasteiger partial charge on any atom is 0.312 e. The number of carbonyl (C=O) groups is 1. The molecular weight excluding hydrogens is 372 g/mol. The van der Waals surface area contributed by atoms with Crippen molar-refractivity contribution >= 4 is 28.9 Å². The molecule has 0 fully saturated rings. The first-order chi connectivity index (χ1) is 12.8. The Morgan fingerprint density at radius 3 is 2.74 bits per heavy atom. The molecular formula is C17H17ClN6O3. The zero-order valence-electron chi connectivity index (χ0n) is 14.7. The van der Waals surface area contributed by atoms with Gasteiger partial charge in [-0.2, -0.15) is 10.2 Å². The fourth-order valence-corrected chi connectivity index (χ4v) is 2.95. The van der Waals surface area contributed by atoms with Gasteiger partial charge in [0.05, 0.1) is 23.4 Å². The number of hydrogen-bond donors (Lipinski definition) is 1. The highest BCUT2D eigenvalue weighted by molar-refractivity contribution is 6.31. The lowest BCUT2D eigenvalue weighted by Crippen LogP contribution is -2.20. The van der Waals surface area contributed by atoms with Crippen molar-refractivity contribution in [3.05, 3.63) is 68.7 Å². The van der Waals surface area contributed by atoms with Crippen LogP contribution in [0.1, 0.15) is 17.0 Å². The molecule has 0 saturated heterocycles. The van der Waals surface area contributed by atoms with Crippen molar-refractivity contribution in [2.45, 2.75) is 26.9 Å². The number of aryl methyl sites for hydroxylation is 1. The summed E-state index contributed by atoms with van der Waals surface area (Å²) >= 11 is 6.14. The van der Waals surface area contributed by atoms with Crippen molar-refractivity contribution in [3.8, 4) is 0 Å².